The van der Waals surface area contributed by atoms with Gasteiger partial charge in [0, 0.05) is 16.6 Å². The van der Waals surface area contributed by atoms with Crippen molar-refractivity contribution >= 4 is 50.8 Å². The van der Waals surface area contributed by atoms with E-state index in [9.17, 15) is 9.90 Å². The number of thioether (sulfide) groups is 1. The number of thiophene rings is 1. The predicted octanol–water partition coefficient (Wildman–Crippen LogP) is 4.94. The second kappa shape index (κ2) is 6.05. The van der Waals surface area contributed by atoms with Crippen LogP contribution in [0.2, 0.25) is 5.02 Å². The molecule has 0 unspecified atom stereocenters. The summed E-state index contributed by atoms with van der Waals surface area (Å²) in [7, 11) is 0. The molecule has 0 spiro atoms. The fourth-order valence-electron chi connectivity index (χ4n) is 2.01. The molecule has 0 radical (unpaired) electrons. The summed E-state index contributed by atoms with van der Waals surface area (Å²) in [5, 5.41) is 11.8. The van der Waals surface area contributed by atoms with Gasteiger partial charge in [0.1, 0.15) is 4.88 Å². The molecular formula is C15H10ClNO2S2. The van der Waals surface area contributed by atoms with E-state index in [2.05, 4.69) is 4.98 Å². The molecular weight excluding hydrogens is 326 g/mol. The van der Waals surface area contributed by atoms with Gasteiger partial charge in [-0.15, -0.1) is 23.1 Å². The Morgan fingerprint density at radius 1 is 1.29 bits per heavy atom. The Hall–Kier alpha value is -1.56. The van der Waals surface area contributed by atoms with E-state index < -0.39 is 5.97 Å². The average molecular weight is 336 g/mol. The first-order chi connectivity index (χ1) is 10.1. The molecule has 0 saturated heterocycles. The van der Waals surface area contributed by atoms with Crippen LogP contribution in [0.4, 0.5) is 0 Å². The Kier molecular flexibility index (Phi) is 4.14. The van der Waals surface area contributed by atoms with Crippen LogP contribution in [0.25, 0.3) is 10.1 Å². The summed E-state index contributed by atoms with van der Waals surface area (Å²) in [4.78, 5) is 16.0. The molecule has 1 N–H and O–H groups in total. The minimum atomic E-state index is -0.879. The Morgan fingerprint density at radius 2 is 2.10 bits per heavy atom. The van der Waals surface area contributed by atoms with Gasteiger partial charge < -0.3 is 5.11 Å². The maximum absolute atomic E-state index is 11.4. The van der Waals surface area contributed by atoms with Crippen molar-refractivity contribution in [3.05, 3.63) is 58.1 Å². The largest absolute Gasteiger partial charge is 0.477 e. The minimum absolute atomic E-state index is 0.401. The van der Waals surface area contributed by atoms with Gasteiger partial charge in [-0.2, -0.15) is 0 Å². The van der Waals surface area contributed by atoms with Crippen molar-refractivity contribution < 1.29 is 9.90 Å². The van der Waals surface area contributed by atoms with Gasteiger partial charge in [0.2, 0.25) is 0 Å². The van der Waals surface area contributed by atoms with E-state index in [4.69, 9.17) is 11.6 Å². The van der Waals surface area contributed by atoms with Gasteiger partial charge in [-0.25, -0.2) is 9.78 Å². The quantitative estimate of drug-likeness (QED) is 0.686. The van der Waals surface area contributed by atoms with Crippen molar-refractivity contribution in [2.24, 2.45) is 0 Å². The number of aromatic carboxylic acids is 1. The molecule has 21 heavy (non-hydrogen) atoms. The van der Waals surface area contributed by atoms with Gasteiger partial charge in [0.05, 0.1) is 10.0 Å². The van der Waals surface area contributed by atoms with E-state index in [0.717, 1.165) is 20.7 Å². The molecule has 0 amide bonds. The molecule has 0 fully saturated rings. The lowest BCUT2D eigenvalue weighted by molar-refractivity contribution is 0.0701. The number of aromatic nitrogens is 1. The topological polar surface area (TPSA) is 50.2 Å². The third kappa shape index (κ3) is 3.05. The lowest BCUT2D eigenvalue weighted by atomic mass is 10.1. The molecule has 106 valence electrons. The van der Waals surface area contributed by atoms with Crippen LogP contribution in [0, 0.1) is 0 Å². The lowest BCUT2D eigenvalue weighted by Crippen LogP contribution is -1.96. The monoisotopic (exact) mass is 335 g/mol. The maximum Gasteiger partial charge on any atom is 0.346 e. The Balaban J connectivity index is 1.93. The van der Waals surface area contributed by atoms with Crippen LogP contribution < -0.4 is 0 Å². The van der Waals surface area contributed by atoms with Gasteiger partial charge in [0.25, 0.3) is 0 Å². The summed E-state index contributed by atoms with van der Waals surface area (Å²) in [6.45, 7) is 0. The predicted molar refractivity (Wildman–Crippen MR) is 87.6 cm³/mol. The average Bonchev–Trinajstić information content (AvgIpc) is 2.86. The zero-order valence-electron chi connectivity index (χ0n) is 10.7. The number of rotatable bonds is 4. The van der Waals surface area contributed by atoms with Crippen molar-refractivity contribution in [3.63, 3.8) is 0 Å². The lowest BCUT2D eigenvalue weighted by Gasteiger charge is -2.02. The molecule has 3 aromatic rings. The Morgan fingerprint density at radius 3 is 2.81 bits per heavy atom. The van der Waals surface area contributed by atoms with Crippen molar-refractivity contribution in [3.8, 4) is 0 Å². The van der Waals surface area contributed by atoms with Crippen molar-refractivity contribution in [1.29, 1.82) is 0 Å². The highest BCUT2D eigenvalue weighted by Gasteiger charge is 2.17. The number of halogens is 1. The van der Waals surface area contributed by atoms with Gasteiger partial charge in [-0.05, 0) is 29.1 Å². The van der Waals surface area contributed by atoms with E-state index in [1.807, 2.05) is 30.3 Å². The van der Waals surface area contributed by atoms with E-state index in [-0.39, 0.29) is 0 Å². The number of carbonyl (C=O) groups is 1. The molecule has 0 bridgehead atoms. The molecule has 0 aliphatic heterocycles. The highest BCUT2D eigenvalue weighted by Crippen LogP contribution is 2.35. The highest BCUT2D eigenvalue weighted by atomic mass is 35.5. The van der Waals surface area contributed by atoms with Gasteiger partial charge in [-0.3, -0.25) is 0 Å². The van der Waals surface area contributed by atoms with Gasteiger partial charge >= 0.3 is 5.97 Å². The zero-order chi connectivity index (χ0) is 14.8. The summed E-state index contributed by atoms with van der Waals surface area (Å²) in [6, 6.07) is 11.4. The molecule has 0 saturated carbocycles. The molecule has 0 aliphatic rings. The number of carboxylic acid groups (broad SMARTS) is 1. The third-order valence-electron chi connectivity index (χ3n) is 2.96. The summed E-state index contributed by atoms with van der Waals surface area (Å²) in [6.07, 6.45) is 1.59. The molecule has 3 nitrogen and oxygen atoms in total. The van der Waals surface area contributed by atoms with Gasteiger partial charge in [-0.1, -0.05) is 29.8 Å². The van der Waals surface area contributed by atoms with E-state index >= 15 is 0 Å². The fraction of sp³-hybridized carbons (Fsp3) is 0.0667. The molecule has 0 aliphatic carbocycles. The Labute approximate surface area is 134 Å². The number of hydrogen-bond donors (Lipinski definition) is 1. The summed E-state index contributed by atoms with van der Waals surface area (Å²) < 4.78 is 0.995. The van der Waals surface area contributed by atoms with Crippen LogP contribution in [0.3, 0.4) is 0 Å². The molecule has 3 rings (SSSR count). The molecule has 0 atom stereocenters. The van der Waals surface area contributed by atoms with Crippen LogP contribution in [0.15, 0.2) is 47.6 Å². The van der Waals surface area contributed by atoms with Crippen LogP contribution in [-0.4, -0.2) is 16.1 Å². The van der Waals surface area contributed by atoms with Crippen LogP contribution in [-0.2, 0) is 5.75 Å². The summed E-state index contributed by atoms with van der Waals surface area (Å²) in [5.41, 5.74) is 0.852. The number of fused-ring (bicyclic) bond motifs is 1. The first-order valence-electron chi connectivity index (χ1n) is 6.13. The molecule has 2 aromatic heterocycles. The second-order valence-corrected chi connectivity index (χ2v) is 6.80. The minimum Gasteiger partial charge on any atom is -0.477 e. The summed E-state index contributed by atoms with van der Waals surface area (Å²) >= 11 is 8.63. The summed E-state index contributed by atoms with van der Waals surface area (Å²) in [5.74, 6) is -0.309. The van der Waals surface area contributed by atoms with E-state index in [0.29, 0.717) is 15.7 Å². The third-order valence-corrected chi connectivity index (χ3v) is 5.35. The standard InChI is InChI=1S/C15H10ClNO2S2/c16-9-5-6-13(17-7-9)20-8-11-10-3-1-2-4-12(10)21-14(11)15(18)19/h1-7H,8H2,(H,18,19). The first-order valence-corrected chi connectivity index (χ1v) is 8.31. The molecule has 2 heterocycles. The van der Waals surface area contributed by atoms with Crippen molar-refractivity contribution in [2.75, 3.05) is 0 Å². The number of nitrogens with zero attached hydrogens (tertiary/aromatic N) is 1. The van der Waals surface area contributed by atoms with E-state index in [1.165, 1.54) is 23.1 Å². The van der Waals surface area contributed by atoms with Crippen LogP contribution >= 0.6 is 34.7 Å². The number of carboxylic acids is 1. The SMILES string of the molecule is O=C(O)c1sc2ccccc2c1CSc1ccc(Cl)cn1. The van der Waals surface area contributed by atoms with E-state index in [1.54, 1.807) is 12.3 Å². The number of hydrogen-bond acceptors (Lipinski definition) is 4. The van der Waals surface area contributed by atoms with Crippen LogP contribution in [0.1, 0.15) is 15.2 Å². The first kappa shape index (κ1) is 14.4. The molecule has 6 heteroatoms. The zero-order valence-corrected chi connectivity index (χ0v) is 13.1. The smallest absolute Gasteiger partial charge is 0.346 e. The van der Waals surface area contributed by atoms with Crippen molar-refractivity contribution in [1.82, 2.24) is 4.98 Å². The fourth-order valence-corrected chi connectivity index (χ4v) is 4.16. The van der Waals surface area contributed by atoms with Crippen LogP contribution in [0.5, 0.6) is 0 Å². The number of pyridine rings is 1. The maximum atomic E-state index is 11.4. The normalized spacial score (nSPS) is 10.9. The van der Waals surface area contributed by atoms with Gasteiger partial charge in [0.15, 0.2) is 0 Å². The number of benzene rings is 1. The Bertz CT molecular complexity index is 799. The highest BCUT2D eigenvalue weighted by molar-refractivity contribution is 7.98. The molecule has 1 aromatic carbocycles. The second-order valence-electron chi connectivity index (χ2n) is 4.31. The van der Waals surface area contributed by atoms with Crippen molar-refractivity contribution in [2.45, 2.75) is 10.8 Å².